The van der Waals surface area contributed by atoms with Gasteiger partial charge < -0.3 is 15.7 Å². The number of rotatable bonds is 9. The highest BCUT2D eigenvalue weighted by molar-refractivity contribution is 7.86. The molecule has 1 atom stereocenters. The van der Waals surface area contributed by atoms with Gasteiger partial charge in [0.05, 0.1) is 0 Å². The second kappa shape index (κ2) is 7.64. The Hall–Kier alpha value is -0.740. The van der Waals surface area contributed by atoms with E-state index in [2.05, 4.69) is 0 Å². The molecule has 5 N–H and O–H groups in total. The Morgan fingerprint density at radius 3 is 2.22 bits per heavy atom. The van der Waals surface area contributed by atoms with Crippen molar-refractivity contribution in [1.82, 2.24) is 9.21 Å². The fourth-order valence-electron chi connectivity index (χ4n) is 1.34. The van der Waals surface area contributed by atoms with E-state index in [-0.39, 0.29) is 19.5 Å². The van der Waals surface area contributed by atoms with E-state index in [0.717, 1.165) is 10.8 Å². The minimum Gasteiger partial charge on any atom is -0.480 e. The number of hydrogen-bond donors (Lipinski definition) is 3. The van der Waals surface area contributed by atoms with Gasteiger partial charge in [-0.2, -0.15) is 12.7 Å². The second-order valence-corrected chi connectivity index (χ2v) is 5.88. The number of carbonyl (C=O) groups is 1. The second-order valence-electron chi connectivity index (χ2n) is 4.33. The van der Waals surface area contributed by atoms with Crippen LogP contribution in [0.2, 0.25) is 0 Å². The Bertz CT molecular complexity index is 358. The summed E-state index contributed by atoms with van der Waals surface area (Å²) < 4.78 is 23.6. The van der Waals surface area contributed by atoms with Gasteiger partial charge in [-0.1, -0.05) is 0 Å². The molecule has 18 heavy (non-hydrogen) atoms. The molecule has 0 radical (unpaired) electrons. The van der Waals surface area contributed by atoms with Crippen molar-refractivity contribution in [2.24, 2.45) is 10.9 Å². The van der Waals surface area contributed by atoms with E-state index in [4.69, 9.17) is 16.0 Å². The summed E-state index contributed by atoms with van der Waals surface area (Å²) in [4.78, 5) is 12.5. The number of carboxylic acid groups (broad SMARTS) is 1. The van der Waals surface area contributed by atoms with Crippen LogP contribution in [0.4, 0.5) is 0 Å². The molecule has 108 valence electrons. The lowest BCUT2D eigenvalue weighted by Gasteiger charge is -2.21. The van der Waals surface area contributed by atoms with Gasteiger partial charge in [-0.3, -0.25) is 4.79 Å². The molecule has 0 aromatic carbocycles. The number of nitrogens with two attached hydrogens (primary N) is 2. The van der Waals surface area contributed by atoms with Gasteiger partial charge in [0, 0.05) is 13.1 Å². The lowest BCUT2D eigenvalue weighted by atomic mass is 10.2. The molecule has 0 fully saturated rings. The van der Waals surface area contributed by atoms with Crippen molar-refractivity contribution in [2.45, 2.75) is 18.9 Å². The minimum absolute atomic E-state index is 0.0136. The summed E-state index contributed by atoms with van der Waals surface area (Å²) in [6.45, 7) is 0.986. The highest BCUT2D eigenvalue weighted by atomic mass is 32.2. The van der Waals surface area contributed by atoms with Gasteiger partial charge in [-0.05, 0) is 33.5 Å². The first-order valence-electron chi connectivity index (χ1n) is 5.55. The van der Waals surface area contributed by atoms with E-state index in [9.17, 15) is 13.2 Å². The molecule has 0 rings (SSSR count). The summed E-state index contributed by atoms with van der Waals surface area (Å²) in [5, 5.41) is 13.7. The van der Waals surface area contributed by atoms with Gasteiger partial charge in [0.1, 0.15) is 6.04 Å². The summed E-state index contributed by atoms with van der Waals surface area (Å²) in [5.41, 5.74) is 5.31. The lowest BCUT2D eigenvalue weighted by molar-refractivity contribution is -0.138. The first-order valence-corrected chi connectivity index (χ1v) is 7.06. The number of nitrogens with zero attached hydrogens (tertiary/aromatic N) is 2. The Labute approximate surface area is 108 Å². The maximum absolute atomic E-state index is 11.3. The van der Waals surface area contributed by atoms with Crippen molar-refractivity contribution in [3.63, 3.8) is 0 Å². The molecule has 0 aromatic heterocycles. The Morgan fingerprint density at radius 2 is 1.83 bits per heavy atom. The van der Waals surface area contributed by atoms with Gasteiger partial charge in [-0.25, -0.2) is 5.14 Å². The van der Waals surface area contributed by atoms with E-state index in [1.807, 2.05) is 19.0 Å². The Kier molecular flexibility index (Phi) is 7.33. The molecule has 0 aliphatic carbocycles. The van der Waals surface area contributed by atoms with Crippen molar-refractivity contribution < 1.29 is 18.3 Å². The van der Waals surface area contributed by atoms with Gasteiger partial charge in [0.2, 0.25) is 0 Å². The monoisotopic (exact) mass is 282 g/mol. The molecule has 0 unspecified atom stereocenters. The molecule has 0 saturated carbocycles. The van der Waals surface area contributed by atoms with Gasteiger partial charge >= 0.3 is 5.97 Å². The molecule has 9 heteroatoms. The van der Waals surface area contributed by atoms with Gasteiger partial charge in [0.25, 0.3) is 10.2 Å². The predicted octanol–water partition coefficient (Wildman–Crippen LogP) is -1.75. The molecule has 0 heterocycles. The Balaban J connectivity index is 4.30. The quantitative estimate of drug-likeness (QED) is 0.459. The molecular weight excluding hydrogens is 260 g/mol. The molecule has 0 amide bonds. The maximum Gasteiger partial charge on any atom is 0.320 e. The molecular formula is C9H22N4O4S. The molecule has 0 saturated heterocycles. The average Bonchev–Trinajstić information content (AvgIpc) is 2.19. The molecule has 0 aliphatic heterocycles. The van der Waals surface area contributed by atoms with E-state index in [0.29, 0.717) is 6.42 Å². The molecule has 0 spiro atoms. The van der Waals surface area contributed by atoms with Crippen LogP contribution < -0.4 is 10.9 Å². The van der Waals surface area contributed by atoms with Crippen molar-refractivity contribution in [3.8, 4) is 0 Å². The van der Waals surface area contributed by atoms with E-state index in [1.54, 1.807) is 0 Å². The van der Waals surface area contributed by atoms with Gasteiger partial charge in [0.15, 0.2) is 0 Å². The van der Waals surface area contributed by atoms with Crippen LogP contribution in [0.1, 0.15) is 12.8 Å². The summed E-state index contributed by atoms with van der Waals surface area (Å²) in [5.74, 6) is -1.15. The molecule has 0 aromatic rings. The zero-order valence-electron chi connectivity index (χ0n) is 10.7. The van der Waals surface area contributed by atoms with Crippen LogP contribution in [-0.2, 0) is 15.0 Å². The van der Waals surface area contributed by atoms with E-state index < -0.39 is 22.2 Å². The highest BCUT2D eigenvalue weighted by Crippen LogP contribution is 2.01. The van der Waals surface area contributed by atoms with Crippen LogP contribution in [0.15, 0.2) is 0 Å². The van der Waals surface area contributed by atoms with Crippen LogP contribution >= 0.6 is 0 Å². The summed E-state index contributed by atoms with van der Waals surface area (Å²) in [6, 6.07) is -1.08. The SMILES string of the molecule is CN(C)CCCN(CC[C@H](N)C(=O)O)S(N)(=O)=O. The largest absolute Gasteiger partial charge is 0.480 e. The van der Waals surface area contributed by atoms with Crippen LogP contribution in [-0.4, -0.2) is 68.5 Å². The zero-order chi connectivity index (χ0) is 14.3. The van der Waals surface area contributed by atoms with Crippen LogP contribution in [0.5, 0.6) is 0 Å². The van der Waals surface area contributed by atoms with Crippen molar-refractivity contribution in [3.05, 3.63) is 0 Å². The topological polar surface area (TPSA) is 130 Å². The minimum atomic E-state index is -3.82. The van der Waals surface area contributed by atoms with Crippen LogP contribution in [0, 0.1) is 0 Å². The lowest BCUT2D eigenvalue weighted by Crippen LogP contribution is -2.42. The zero-order valence-corrected chi connectivity index (χ0v) is 11.6. The predicted molar refractivity (Wildman–Crippen MR) is 68.1 cm³/mol. The number of hydrogen-bond acceptors (Lipinski definition) is 5. The summed E-state index contributed by atoms with van der Waals surface area (Å²) in [6.07, 6.45) is 0.652. The maximum atomic E-state index is 11.3. The van der Waals surface area contributed by atoms with Crippen molar-refractivity contribution >= 4 is 16.2 Å². The number of aliphatic carboxylic acids is 1. The van der Waals surface area contributed by atoms with Crippen LogP contribution in [0.25, 0.3) is 0 Å². The Morgan fingerprint density at radius 1 is 1.28 bits per heavy atom. The fourth-order valence-corrected chi connectivity index (χ4v) is 2.08. The van der Waals surface area contributed by atoms with Crippen molar-refractivity contribution in [1.29, 1.82) is 0 Å². The van der Waals surface area contributed by atoms with E-state index in [1.165, 1.54) is 0 Å². The van der Waals surface area contributed by atoms with Crippen molar-refractivity contribution in [2.75, 3.05) is 33.7 Å². The fraction of sp³-hybridized carbons (Fsp3) is 0.889. The smallest absolute Gasteiger partial charge is 0.320 e. The first-order chi connectivity index (χ1) is 8.14. The standard InChI is InChI=1S/C9H22N4O4S/c1-12(2)5-3-6-13(18(11,16)17)7-4-8(10)9(14)15/h8H,3-7,10H2,1-2H3,(H,14,15)(H2,11,16,17)/t8-/m0/s1. The first kappa shape index (κ1) is 17.3. The molecule has 0 bridgehead atoms. The van der Waals surface area contributed by atoms with Gasteiger partial charge in [-0.15, -0.1) is 0 Å². The molecule has 8 nitrogen and oxygen atoms in total. The van der Waals surface area contributed by atoms with E-state index >= 15 is 0 Å². The molecule has 0 aliphatic rings. The summed E-state index contributed by atoms with van der Waals surface area (Å²) in [7, 11) is -0.0647. The average molecular weight is 282 g/mol. The summed E-state index contributed by atoms with van der Waals surface area (Å²) >= 11 is 0. The third kappa shape index (κ3) is 7.56. The number of carboxylic acids is 1. The van der Waals surface area contributed by atoms with Crippen LogP contribution in [0.3, 0.4) is 0 Å². The normalized spacial score (nSPS) is 14.1. The third-order valence-electron chi connectivity index (χ3n) is 2.38. The highest BCUT2D eigenvalue weighted by Gasteiger charge is 2.20. The third-order valence-corrected chi connectivity index (χ3v) is 3.46.